The Morgan fingerprint density at radius 3 is 2.50 bits per heavy atom. The van der Waals surface area contributed by atoms with Crippen molar-refractivity contribution < 1.29 is 4.79 Å². The Hall–Kier alpha value is -1.84. The number of rotatable bonds is 4. The Morgan fingerprint density at radius 2 is 1.86 bits per heavy atom. The minimum Gasteiger partial charge on any atom is -0.322 e. The average molecular weight is 315 g/mol. The first-order chi connectivity index (χ1) is 10.7. The molecule has 0 radical (unpaired) electrons. The van der Waals surface area contributed by atoms with E-state index in [1.165, 1.54) is 18.4 Å². The van der Waals surface area contributed by atoms with Gasteiger partial charge in [-0.15, -0.1) is 0 Å². The van der Waals surface area contributed by atoms with Crippen LogP contribution in [-0.4, -0.2) is 18.5 Å². The van der Waals surface area contributed by atoms with Crippen LogP contribution in [0, 0.1) is 0 Å². The number of halogens is 1. The molecule has 4 heteroatoms. The van der Waals surface area contributed by atoms with Crippen LogP contribution in [0.4, 0.5) is 5.69 Å². The second-order valence-electron chi connectivity index (χ2n) is 5.66. The van der Waals surface area contributed by atoms with E-state index in [1.54, 1.807) is 24.3 Å². The summed E-state index contributed by atoms with van der Waals surface area (Å²) in [5.41, 5.74) is 2.70. The smallest absolute Gasteiger partial charge is 0.255 e. The molecule has 3 rings (SSSR count). The maximum atomic E-state index is 12.1. The topological polar surface area (TPSA) is 41.1 Å². The third kappa shape index (κ3) is 3.87. The van der Waals surface area contributed by atoms with E-state index in [9.17, 15) is 4.79 Å². The number of carbonyl (C=O) groups excluding carboxylic acids is 1. The first kappa shape index (κ1) is 15.1. The quantitative estimate of drug-likeness (QED) is 0.899. The number of carbonyl (C=O) groups is 1. The maximum absolute atomic E-state index is 12.1. The van der Waals surface area contributed by atoms with Crippen LogP contribution in [0.15, 0.2) is 48.5 Å². The van der Waals surface area contributed by atoms with Crippen molar-refractivity contribution in [1.82, 2.24) is 5.32 Å². The molecule has 22 heavy (non-hydrogen) atoms. The number of anilines is 1. The Balaban J connectivity index is 1.60. The average Bonchev–Trinajstić information content (AvgIpc) is 3.03. The highest BCUT2D eigenvalue weighted by Gasteiger charge is 2.14. The Morgan fingerprint density at radius 1 is 1.14 bits per heavy atom. The second-order valence-corrected chi connectivity index (χ2v) is 6.09. The predicted molar refractivity (Wildman–Crippen MR) is 90.6 cm³/mol. The molecule has 0 spiro atoms. The van der Waals surface area contributed by atoms with E-state index in [2.05, 4.69) is 22.8 Å². The summed E-state index contributed by atoms with van der Waals surface area (Å²) in [5, 5.41) is 7.02. The zero-order chi connectivity index (χ0) is 15.4. The lowest BCUT2D eigenvalue weighted by Gasteiger charge is -2.11. The molecule has 0 saturated carbocycles. The van der Waals surface area contributed by atoms with Crippen LogP contribution in [0.2, 0.25) is 5.02 Å². The van der Waals surface area contributed by atoms with Gasteiger partial charge in [0.2, 0.25) is 0 Å². The molecule has 1 fully saturated rings. The highest BCUT2D eigenvalue weighted by molar-refractivity contribution is 6.30. The van der Waals surface area contributed by atoms with Crippen molar-refractivity contribution in [3.05, 3.63) is 64.7 Å². The van der Waals surface area contributed by atoms with E-state index >= 15 is 0 Å². The molecule has 2 aromatic rings. The zero-order valence-corrected chi connectivity index (χ0v) is 13.1. The van der Waals surface area contributed by atoms with Crippen LogP contribution >= 0.6 is 11.6 Å². The molecule has 1 aliphatic rings. The Bertz CT molecular complexity index is 631. The summed E-state index contributed by atoms with van der Waals surface area (Å²) in [6, 6.07) is 15.5. The summed E-state index contributed by atoms with van der Waals surface area (Å²) < 4.78 is 0. The molecule has 1 aliphatic heterocycles. The van der Waals surface area contributed by atoms with Gasteiger partial charge >= 0.3 is 0 Å². The molecular formula is C18H19ClN2O. The number of amides is 1. The fraction of sp³-hybridized carbons (Fsp3) is 0.278. The first-order valence-electron chi connectivity index (χ1n) is 7.60. The molecule has 3 nitrogen and oxygen atoms in total. The van der Waals surface area contributed by atoms with Gasteiger partial charge in [-0.1, -0.05) is 23.7 Å². The van der Waals surface area contributed by atoms with Gasteiger partial charge in [-0.2, -0.15) is 0 Å². The van der Waals surface area contributed by atoms with Crippen LogP contribution in [0.25, 0.3) is 0 Å². The van der Waals surface area contributed by atoms with Crippen molar-refractivity contribution in [3.8, 4) is 0 Å². The molecule has 2 aromatic carbocycles. The largest absolute Gasteiger partial charge is 0.322 e. The Kier molecular flexibility index (Phi) is 4.76. The lowest BCUT2D eigenvalue weighted by molar-refractivity contribution is 0.102. The standard InChI is InChI=1S/C18H19ClN2O/c19-15-7-5-14(6-8-15)18(22)21-16-9-3-13(4-10-16)12-17-2-1-11-20-17/h3-10,17,20H,1-2,11-12H2,(H,21,22)/t17-/m1/s1. The lowest BCUT2D eigenvalue weighted by Crippen LogP contribution is -2.23. The van der Waals surface area contributed by atoms with Crippen LogP contribution < -0.4 is 10.6 Å². The third-order valence-corrected chi connectivity index (χ3v) is 4.21. The van der Waals surface area contributed by atoms with Crippen molar-refractivity contribution >= 4 is 23.2 Å². The van der Waals surface area contributed by atoms with Gasteiger partial charge in [0.05, 0.1) is 0 Å². The van der Waals surface area contributed by atoms with Crippen LogP contribution in [0.1, 0.15) is 28.8 Å². The van der Waals surface area contributed by atoms with Gasteiger partial charge in [-0.05, 0) is 67.8 Å². The van der Waals surface area contributed by atoms with Crippen molar-refractivity contribution in [2.45, 2.75) is 25.3 Å². The molecule has 1 atom stereocenters. The molecule has 1 amide bonds. The SMILES string of the molecule is O=C(Nc1ccc(C[C@H]2CCCN2)cc1)c1ccc(Cl)cc1. The molecular weight excluding hydrogens is 296 g/mol. The van der Waals surface area contributed by atoms with Gasteiger partial charge in [0.1, 0.15) is 0 Å². The summed E-state index contributed by atoms with van der Waals surface area (Å²) in [6.45, 7) is 1.12. The van der Waals surface area contributed by atoms with Gasteiger partial charge in [0.25, 0.3) is 5.91 Å². The maximum Gasteiger partial charge on any atom is 0.255 e. The van der Waals surface area contributed by atoms with Gasteiger partial charge in [-0.3, -0.25) is 4.79 Å². The fourth-order valence-corrected chi connectivity index (χ4v) is 2.87. The van der Waals surface area contributed by atoms with Gasteiger partial charge in [-0.25, -0.2) is 0 Å². The van der Waals surface area contributed by atoms with Crippen LogP contribution in [-0.2, 0) is 6.42 Å². The van der Waals surface area contributed by atoms with E-state index in [-0.39, 0.29) is 5.91 Å². The monoisotopic (exact) mass is 314 g/mol. The van der Waals surface area contributed by atoms with E-state index in [0.717, 1.165) is 18.7 Å². The van der Waals surface area contributed by atoms with Crippen LogP contribution in [0.3, 0.4) is 0 Å². The van der Waals surface area contributed by atoms with E-state index in [1.807, 2.05) is 12.1 Å². The summed E-state index contributed by atoms with van der Waals surface area (Å²) in [4.78, 5) is 12.1. The Labute approximate surface area is 135 Å². The normalized spacial score (nSPS) is 17.4. The minimum absolute atomic E-state index is 0.123. The predicted octanol–water partition coefficient (Wildman–Crippen LogP) is 3.89. The molecule has 2 N–H and O–H groups in total. The van der Waals surface area contributed by atoms with Crippen molar-refractivity contribution in [3.63, 3.8) is 0 Å². The fourth-order valence-electron chi connectivity index (χ4n) is 2.74. The summed E-state index contributed by atoms with van der Waals surface area (Å²) in [7, 11) is 0. The highest BCUT2D eigenvalue weighted by Crippen LogP contribution is 2.16. The third-order valence-electron chi connectivity index (χ3n) is 3.96. The van der Waals surface area contributed by atoms with Crippen molar-refractivity contribution in [2.24, 2.45) is 0 Å². The molecule has 0 aromatic heterocycles. The minimum atomic E-state index is -0.123. The van der Waals surface area contributed by atoms with Crippen molar-refractivity contribution in [2.75, 3.05) is 11.9 Å². The van der Waals surface area contributed by atoms with Crippen molar-refractivity contribution in [1.29, 1.82) is 0 Å². The van der Waals surface area contributed by atoms with Gasteiger partial charge in [0, 0.05) is 22.3 Å². The zero-order valence-electron chi connectivity index (χ0n) is 12.3. The number of hydrogen-bond acceptors (Lipinski definition) is 2. The number of nitrogens with one attached hydrogen (secondary N) is 2. The van der Waals surface area contributed by atoms with E-state index in [4.69, 9.17) is 11.6 Å². The summed E-state index contributed by atoms with van der Waals surface area (Å²) in [6.07, 6.45) is 3.56. The van der Waals surface area contributed by atoms with Gasteiger partial charge in [0.15, 0.2) is 0 Å². The number of hydrogen-bond donors (Lipinski definition) is 2. The molecule has 114 valence electrons. The molecule has 0 bridgehead atoms. The lowest BCUT2D eigenvalue weighted by atomic mass is 10.0. The summed E-state index contributed by atoms with van der Waals surface area (Å²) in [5.74, 6) is -0.123. The first-order valence-corrected chi connectivity index (χ1v) is 7.98. The second kappa shape index (κ2) is 6.95. The van der Waals surface area contributed by atoms with E-state index in [0.29, 0.717) is 16.6 Å². The molecule has 1 saturated heterocycles. The summed E-state index contributed by atoms with van der Waals surface area (Å²) >= 11 is 5.83. The molecule has 0 unspecified atom stereocenters. The van der Waals surface area contributed by atoms with E-state index < -0.39 is 0 Å². The number of benzene rings is 2. The van der Waals surface area contributed by atoms with Crippen LogP contribution in [0.5, 0.6) is 0 Å². The highest BCUT2D eigenvalue weighted by atomic mass is 35.5. The molecule has 1 heterocycles. The van der Waals surface area contributed by atoms with Gasteiger partial charge < -0.3 is 10.6 Å². The molecule has 0 aliphatic carbocycles.